The van der Waals surface area contributed by atoms with Crippen LogP contribution in [0, 0.1) is 19.7 Å². The van der Waals surface area contributed by atoms with Gasteiger partial charge in [0.25, 0.3) is 5.91 Å². The average molecular weight is 365 g/mol. The van der Waals surface area contributed by atoms with Gasteiger partial charge in [-0.05, 0) is 43.5 Å². The zero-order chi connectivity index (χ0) is 18.6. The van der Waals surface area contributed by atoms with Crippen LogP contribution in [0.5, 0.6) is 0 Å². The molecule has 1 aromatic carbocycles. The zero-order valence-electron chi connectivity index (χ0n) is 14.3. The number of hydrogen-bond donors (Lipinski definition) is 2. The molecule has 0 atom stereocenters. The van der Waals surface area contributed by atoms with E-state index in [1.807, 2.05) is 0 Å². The Morgan fingerprint density at radius 2 is 2.04 bits per heavy atom. The number of nitrogens with one attached hydrogen (secondary N) is 1. The summed E-state index contributed by atoms with van der Waals surface area (Å²) in [6.07, 6.45) is 0.202. The molecule has 1 amide bonds. The van der Waals surface area contributed by atoms with E-state index in [1.165, 1.54) is 24.3 Å². The first-order chi connectivity index (χ1) is 11.8. The number of carbonyl (C=O) groups is 2. The van der Waals surface area contributed by atoms with Crippen molar-refractivity contribution in [1.82, 2.24) is 5.48 Å². The van der Waals surface area contributed by atoms with E-state index in [9.17, 15) is 14.0 Å². The normalized spacial score (nSPS) is 10.8. The van der Waals surface area contributed by atoms with Crippen molar-refractivity contribution in [2.45, 2.75) is 27.2 Å². The fourth-order valence-corrected chi connectivity index (χ4v) is 3.73. The summed E-state index contributed by atoms with van der Waals surface area (Å²) in [5, 5.41) is 8.72. The smallest absolute Gasteiger partial charge is 0.276 e. The van der Waals surface area contributed by atoms with Gasteiger partial charge in [-0.1, -0.05) is 12.1 Å². The molecule has 2 N–H and O–H groups in total. The number of amides is 1. The van der Waals surface area contributed by atoms with Crippen molar-refractivity contribution in [1.29, 1.82) is 0 Å². The summed E-state index contributed by atoms with van der Waals surface area (Å²) < 4.78 is 14.2. The van der Waals surface area contributed by atoms with Gasteiger partial charge in [0.05, 0.1) is 23.7 Å². The number of halogens is 1. The molecule has 0 aliphatic carbocycles. The molecule has 1 aromatic heterocycles. The lowest BCUT2D eigenvalue weighted by Gasteiger charge is -2.08. The van der Waals surface area contributed by atoms with Crippen molar-refractivity contribution in [2.75, 3.05) is 13.2 Å². The molecule has 0 fully saturated rings. The van der Waals surface area contributed by atoms with E-state index in [2.05, 4.69) is 5.48 Å². The highest BCUT2D eigenvalue weighted by Crippen LogP contribution is 2.31. The summed E-state index contributed by atoms with van der Waals surface area (Å²) in [6, 6.07) is 4.91. The number of hydroxylamine groups is 1. The van der Waals surface area contributed by atoms with Crippen molar-refractivity contribution in [3.05, 3.63) is 56.0 Å². The van der Waals surface area contributed by atoms with Crippen molar-refractivity contribution in [2.24, 2.45) is 0 Å². The Balaban J connectivity index is 2.39. The predicted octanol–water partition coefficient (Wildman–Crippen LogP) is 2.95. The lowest BCUT2D eigenvalue weighted by Crippen LogP contribution is -2.26. The number of carbonyl (C=O) groups excluding carboxylic acids is 2. The molecule has 0 spiro atoms. The lowest BCUT2D eigenvalue weighted by molar-refractivity contribution is 0.0167. The van der Waals surface area contributed by atoms with Gasteiger partial charge in [-0.3, -0.25) is 14.4 Å². The largest absolute Gasteiger partial charge is 0.394 e. The fraction of sp³-hybridized carbons (Fsp3) is 0.333. The lowest BCUT2D eigenvalue weighted by atomic mass is 10.0. The van der Waals surface area contributed by atoms with Crippen LogP contribution in [0.15, 0.2) is 18.2 Å². The van der Waals surface area contributed by atoms with Gasteiger partial charge in [0.1, 0.15) is 5.82 Å². The minimum absolute atomic E-state index is 0.0452. The molecule has 0 aliphatic rings. The minimum atomic E-state index is -0.516. The summed E-state index contributed by atoms with van der Waals surface area (Å²) in [7, 11) is 0. The van der Waals surface area contributed by atoms with Crippen LogP contribution in [0.4, 0.5) is 4.39 Å². The Labute approximate surface area is 149 Å². The molecule has 0 bridgehead atoms. The highest BCUT2D eigenvalue weighted by atomic mass is 32.1. The van der Waals surface area contributed by atoms with Crippen LogP contribution in [0.25, 0.3) is 0 Å². The van der Waals surface area contributed by atoms with Gasteiger partial charge >= 0.3 is 0 Å². The van der Waals surface area contributed by atoms with Gasteiger partial charge in [0, 0.05) is 11.3 Å². The van der Waals surface area contributed by atoms with E-state index >= 15 is 0 Å². The molecule has 2 aromatic rings. The maximum Gasteiger partial charge on any atom is 0.276 e. The third kappa shape index (κ3) is 4.50. The second-order valence-corrected chi connectivity index (χ2v) is 6.79. The summed E-state index contributed by atoms with van der Waals surface area (Å²) in [5.41, 5.74) is 4.36. The maximum absolute atomic E-state index is 14.2. The average Bonchev–Trinajstić information content (AvgIpc) is 2.87. The Kier molecular flexibility index (Phi) is 6.41. The number of benzene rings is 1. The topological polar surface area (TPSA) is 75.6 Å². The number of aliphatic hydroxyl groups excluding tert-OH is 1. The molecule has 5 nitrogen and oxygen atoms in total. The molecule has 0 unspecified atom stereocenters. The first kappa shape index (κ1) is 19.2. The fourth-order valence-electron chi connectivity index (χ4n) is 2.51. The van der Waals surface area contributed by atoms with E-state index in [1.54, 1.807) is 26.0 Å². The van der Waals surface area contributed by atoms with Gasteiger partial charge in [0.15, 0.2) is 5.78 Å². The van der Waals surface area contributed by atoms with E-state index in [0.29, 0.717) is 26.4 Å². The first-order valence-electron chi connectivity index (χ1n) is 7.76. The molecular weight excluding hydrogens is 345 g/mol. The monoisotopic (exact) mass is 365 g/mol. The summed E-state index contributed by atoms with van der Waals surface area (Å²) in [5.74, 6) is -1.01. The van der Waals surface area contributed by atoms with Gasteiger partial charge in [-0.15, -0.1) is 11.3 Å². The number of hydrogen-bond acceptors (Lipinski definition) is 5. The molecule has 7 heteroatoms. The van der Waals surface area contributed by atoms with Gasteiger partial charge in [0.2, 0.25) is 0 Å². The molecule has 0 radical (unpaired) electrons. The van der Waals surface area contributed by atoms with Crippen LogP contribution in [0.2, 0.25) is 0 Å². The molecule has 134 valence electrons. The van der Waals surface area contributed by atoms with E-state index in [4.69, 9.17) is 9.94 Å². The molecule has 2 rings (SSSR count). The van der Waals surface area contributed by atoms with E-state index in [0.717, 1.165) is 5.56 Å². The van der Waals surface area contributed by atoms with Crippen LogP contribution in [-0.2, 0) is 11.3 Å². The van der Waals surface area contributed by atoms with Gasteiger partial charge in [-0.2, -0.15) is 0 Å². The highest BCUT2D eigenvalue weighted by molar-refractivity contribution is 7.14. The third-order valence-electron chi connectivity index (χ3n) is 3.68. The Morgan fingerprint density at radius 3 is 2.64 bits per heavy atom. The Hall–Kier alpha value is -2.09. The van der Waals surface area contributed by atoms with Crippen LogP contribution in [0.3, 0.4) is 0 Å². The van der Waals surface area contributed by atoms with Gasteiger partial charge in [-0.25, -0.2) is 9.87 Å². The van der Waals surface area contributed by atoms with Crippen LogP contribution in [-0.4, -0.2) is 30.0 Å². The second kappa shape index (κ2) is 8.33. The number of Topliss-reactive ketones (excluding diaryl/α,β-unsaturated/α-hetero) is 1. The van der Waals surface area contributed by atoms with Crippen molar-refractivity contribution < 1.29 is 23.9 Å². The maximum atomic E-state index is 14.2. The summed E-state index contributed by atoms with van der Waals surface area (Å²) in [6.45, 7) is 4.63. The summed E-state index contributed by atoms with van der Waals surface area (Å²) in [4.78, 5) is 30.2. The van der Waals surface area contributed by atoms with Crippen LogP contribution < -0.4 is 5.48 Å². The van der Waals surface area contributed by atoms with Crippen molar-refractivity contribution >= 4 is 23.0 Å². The number of thiophene rings is 1. The molecule has 25 heavy (non-hydrogen) atoms. The summed E-state index contributed by atoms with van der Waals surface area (Å²) >= 11 is 1.19. The standard InChI is InChI=1S/C18H20FNO4S/c1-10-4-5-13(14(19)8-10)9-15-16(18(23)20-24-7-6-21)11(2)17(25-15)12(3)22/h4-5,8,21H,6-7,9H2,1-3H3,(H,20,23). The SMILES string of the molecule is CC(=O)c1sc(Cc2ccc(C)cc2F)c(C(=O)NOCCO)c1C. The van der Waals surface area contributed by atoms with Crippen molar-refractivity contribution in [3.63, 3.8) is 0 Å². The first-order valence-corrected chi connectivity index (χ1v) is 8.58. The van der Waals surface area contributed by atoms with E-state index in [-0.39, 0.29) is 31.2 Å². The molecule has 1 heterocycles. The number of aliphatic hydroxyl groups is 1. The second-order valence-electron chi connectivity index (χ2n) is 5.69. The van der Waals surface area contributed by atoms with Crippen LogP contribution >= 0.6 is 11.3 Å². The van der Waals surface area contributed by atoms with E-state index < -0.39 is 5.91 Å². The Bertz CT molecular complexity index is 801. The van der Waals surface area contributed by atoms with Crippen LogP contribution in [0.1, 0.15) is 48.5 Å². The Morgan fingerprint density at radius 1 is 1.32 bits per heavy atom. The number of aryl methyl sites for hydroxylation is 1. The number of ketones is 1. The quantitative estimate of drug-likeness (QED) is 0.449. The van der Waals surface area contributed by atoms with Gasteiger partial charge < -0.3 is 5.11 Å². The molecule has 0 saturated heterocycles. The molecular formula is C18H20FNO4S. The van der Waals surface area contributed by atoms with Crippen molar-refractivity contribution in [3.8, 4) is 0 Å². The number of rotatable bonds is 7. The minimum Gasteiger partial charge on any atom is -0.394 e. The highest BCUT2D eigenvalue weighted by Gasteiger charge is 2.24. The third-order valence-corrected chi connectivity index (χ3v) is 5.08. The predicted molar refractivity (Wildman–Crippen MR) is 93.5 cm³/mol. The molecule has 0 aliphatic heterocycles. The molecule has 0 saturated carbocycles. The zero-order valence-corrected chi connectivity index (χ0v) is 15.1.